The Balaban J connectivity index is 3.36. The summed E-state index contributed by atoms with van der Waals surface area (Å²) >= 11 is 0. The Hall–Kier alpha value is -5.02. The Kier molecular flexibility index (Phi) is 18.9. The predicted molar refractivity (Wildman–Crippen MR) is 187 cm³/mol. The summed E-state index contributed by atoms with van der Waals surface area (Å²) in [5.41, 5.74) is 0.936. The molecule has 0 bridgehead atoms. The molecule has 16 nitrogen and oxygen atoms in total. The first-order valence-electron chi connectivity index (χ1n) is 17.1. The van der Waals surface area contributed by atoms with Crippen molar-refractivity contribution in [3.8, 4) is 0 Å². The van der Waals surface area contributed by atoms with Gasteiger partial charge in [0.05, 0.1) is 12.8 Å². The van der Waals surface area contributed by atoms with Gasteiger partial charge in [-0.2, -0.15) is 0 Å². The maximum Gasteiger partial charge on any atom is 0.326 e. The summed E-state index contributed by atoms with van der Waals surface area (Å²) in [5, 5.41) is 33.9. The van der Waals surface area contributed by atoms with Crippen molar-refractivity contribution in [3.63, 3.8) is 0 Å². The van der Waals surface area contributed by atoms with Crippen LogP contribution in [0.2, 0.25) is 0 Å². The zero-order chi connectivity index (χ0) is 38.8. The molecule has 1 aromatic carbocycles. The molecule has 51 heavy (non-hydrogen) atoms. The molecule has 0 aromatic heterocycles. The Morgan fingerprint density at radius 2 is 1.20 bits per heavy atom. The van der Waals surface area contributed by atoms with E-state index in [1.165, 1.54) is 6.92 Å². The number of carboxylic acid groups (broad SMARTS) is 2. The molecule has 0 aliphatic rings. The van der Waals surface area contributed by atoms with E-state index in [1.807, 2.05) is 30.3 Å². The average Bonchev–Trinajstić information content (AvgIpc) is 3.04. The van der Waals surface area contributed by atoms with Crippen molar-refractivity contribution in [2.24, 2.45) is 17.8 Å². The van der Waals surface area contributed by atoms with Crippen LogP contribution < -0.4 is 31.9 Å². The normalized spacial score (nSPS) is 14.5. The zero-order valence-corrected chi connectivity index (χ0v) is 30.4. The van der Waals surface area contributed by atoms with E-state index in [0.29, 0.717) is 12.8 Å². The van der Waals surface area contributed by atoms with Crippen molar-refractivity contribution in [1.29, 1.82) is 0 Å². The SMILES string of the molecule is CC[C@H](C)[C@H](NC(=O)[C@@H](NC(C)=O)C(C)C)C(=O)N[C@@H](CC(=O)NCCc1ccccc1)C(=O)N[C@@H](CC(=O)O)C(=O)N[C@@H](CC(C)C)C(=O)O. The van der Waals surface area contributed by atoms with Crippen LogP contribution in [0.4, 0.5) is 0 Å². The highest BCUT2D eigenvalue weighted by Crippen LogP contribution is 2.12. The largest absolute Gasteiger partial charge is 0.481 e. The molecule has 284 valence electrons. The van der Waals surface area contributed by atoms with Crippen LogP contribution in [-0.2, 0) is 44.8 Å². The van der Waals surface area contributed by atoms with Gasteiger partial charge < -0.3 is 42.1 Å². The number of carbonyl (C=O) groups is 8. The van der Waals surface area contributed by atoms with E-state index in [9.17, 15) is 48.6 Å². The van der Waals surface area contributed by atoms with Gasteiger partial charge in [-0.25, -0.2) is 4.79 Å². The summed E-state index contributed by atoms with van der Waals surface area (Å²) < 4.78 is 0. The van der Waals surface area contributed by atoms with Crippen molar-refractivity contribution in [1.82, 2.24) is 31.9 Å². The van der Waals surface area contributed by atoms with Gasteiger partial charge in [0.25, 0.3) is 0 Å². The van der Waals surface area contributed by atoms with Gasteiger partial charge in [-0.05, 0) is 36.2 Å². The Labute approximate surface area is 298 Å². The summed E-state index contributed by atoms with van der Waals surface area (Å²) in [6, 6.07) is 2.27. The number of rotatable bonds is 22. The molecule has 0 radical (unpaired) electrons. The third kappa shape index (κ3) is 16.5. The van der Waals surface area contributed by atoms with Crippen LogP contribution in [0.3, 0.4) is 0 Å². The molecule has 0 fully saturated rings. The molecule has 0 aliphatic heterocycles. The lowest BCUT2D eigenvalue weighted by Gasteiger charge is -2.29. The van der Waals surface area contributed by atoms with Crippen molar-refractivity contribution < 1.29 is 48.6 Å². The van der Waals surface area contributed by atoms with Gasteiger partial charge in [0, 0.05) is 13.5 Å². The van der Waals surface area contributed by atoms with E-state index in [2.05, 4.69) is 31.9 Å². The van der Waals surface area contributed by atoms with Gasteiger partial charge in [0.15, 0.2) is 0 Å². The molecule has 0 saturated heterocycles. The monoisotopic (exact) mass is 718 g/mol. The van der Waals surface area contributed by atoms with E-state index in [-0.39, 0.29) is 24.8 Å². The van der Waals surface area contributed by atoms with Crippen LogP contribution in [0.1, 0.15) is 79.7 Å². The fourth-order valence-corrected chi connectivity index (χ4v) is 5.04. The van der Waals surface area contributed by atoms with Gasteiger partial charge in [-0.3, -0.25) is 33.6 Å². The molecule has 8 N–H and O–H groups in total. The molecule has 0 unspecified atom stereocenters. The molecular formula is C35H54N6O10. The summed E-state index contributed by atoms with van der Waals surface area (Å²) in [5.74, 6) is -8.58. The first kappa shape index (κ1) is 44.0. The number of aliphatic carboxylic acids is 2. The predicted octanol–water partition coefficient (Wildman–Crippen LogP) is 0.487. The van der Waals surface area contributed by atoms with Crippen molar-refractivity contribution >= 4 is 47.4 Å². The number of nitrogens with one attached hydrogen (secondary N) is 6. The quantitative estimate of drug-likeness (QED) is 0.0824. The smallest absolute Gasteiger partial charge is 0.326 e. The molecular weight excluding hydrogens is 664 g/mol. The fourth-order valence-electron chi connectivity index (χ4n) is 5.04. The van der Waals surface area contributed by atoms with Crippen molar-refractivity contribution in [3.05, 3.63) is 35.9 Å². The standard InChI is InChI=1S/C35H54N6O10/c1-8-21(6)30(41-33(48)29(20(4)5)37-22(7)42)34(49)39-24(17-27(43)36-15-14-23-12-10-9-11-13-23)31(46)38-25(18-28(44)45)32(47)40-26(35(50)51)16-19(2)3/h9-13,19-21,24-26,29-30H,8,14-18H2,1-7H3,(H,36,43)(H,37,42)(H,38,46)(H,39,49)(H,40,47)(H,41,48)(H,44,45)(H,50,51)/t21-,24-,25-,26-,29-,30-/m0/s1. The summed E-state index contributed by atoms with van der Waals surface area (Å²) in [7, 11) is 0. The second kappa shape index (κ2) is 21.9. The highest BCUT2D eigenvalue weighted by molar-refractivity contribution is 5.98. The fraction of sp³-hybridized carbons (Fsp3) is 0.600. The first-order chi connectivity index (χ1) is 23.9. The van der Waals surface area contributed by atoms with Crippen LogP contribution in [0, 0.1) is 17.8 Å². The minimum Gasteiger partial charge on any atom is -0.481 e. The first-order valence-corrected chi connectivity index (χ1v) is 17.1. The number of carbonyl (C=O) groups excluding carboxylic acids is 6. The number of hydrogen-bond acceptors (Lipinski definition) is 8. The van der Waals surface area contributed by atoms with Gasteiger partial charge in [-0.15, -0.1) is 0 Å². The van der Waals surface area contributed by atoms with E-state index in [4.69, 9.17) is 0 Å². The molecule has 1 rings (SSSR count). The maximum absolute atomic E-state index is 13.7. The highest BCUT2D eigenvalue weighted by Gasteiger charge is 2.36. The molecule has 16 heteroatoms. The number of carboxylic acids is 2. The minimum absolute atomic E-state index is 0.0268. The van der Waals surface area contributed by atoms with Crippen LogP contribution in [0.15, 0.2) is 30.3 Å². The molecule has 6 amide bonds. The summed E-state index contributed by atoms with van der Waals surface area (Å²) in [6.07, 6.45) is -0.658. The van der Waals surface area contributed by atoms with Crippen LogP contribution in [0.5, 0.6) is 0 Å². The molecule has 0 spiro atoms. The second-order valence-electron chi connectivity index (χ2n) is 13.3. The third-order valence-electron chi connectivity index (χ3n) is 8.04. The lowest BCUT2D eigenvalue weighted by molar-refractivity contribution is -0.144. The van der Waals surface area contributed by atoms with Crippen LogP contribution in [-0.4, -0.2) is 94.3 Å². The summed E-state index contributed by atoms with van der Waals surface area (Å²) in [4.78, 5) is 102. The van der Waals surface area contributed by atoms with E-state index < -0.39 is 96.4 Å². The van der Waals surface area contributed by atoms with Crippen molar-refractivity contribution in [2.45, 2.75) is 111 Å². The van der Waals surface area contributed by atoms with E-state index in [0.717, 1.165) is 5.56 Å². The van der Waals surface area contributed by atoms with Crippen LogP contribution in [0.25, 0.3) is 0 Å². The highest BCUT2D eigenvalue weighted by atomic mass is 16.4. The number of hydrogen-bond donors (Lipinski definition) is 8. The average molecular weight is 719 g/mol. The van der Waals surface area contributed by atoms with Gasteiger partial charge >= 0.3 is 11.9 Å². The Morgan fingerprint density at radius 3 is 1.69 bits per heavy atom. The van der Waals surface area contributed by atoms with Crippen molar-refractivity contribution in [2.75, 3.05) is 6.54 Å². The third-order valence-corrected chi connectivity index (χ3v) is 8.04. The minimum atomic E-state index is -1.76. The molecule has 0 heterocycles. The molecule has 0 saturated carbocycles. The Bertz CT molecular complexity index is 1370. The lowest BCUT2D eigenvalue weighted by atomic mass is 9.96. The second-order valence-corrected chi connectivity index (χ2v) is 13.3. The molecule has 0 aliphatic carbocycles. The van der Waals surface area contributed by atoms with E-state index in [1.54, 1.807) is 41.5 Å². The zero-order valence-electron chi connectivity index (χ0n) is 30.4. The maximum atomic E-state index is 13.7. The number of benzene rings is 1. The molecule has 6 atom stereocenters. The van der Waals surface area contributed by atoms with Gasteiger partial charge in [0.2, 0.25) is 35.4 Å². The summed E-state index contributed by atoms with van der Waals surface area (Å²) in [6.45, 7) is 11.8. The van der Waals surface area contributed by atoms with Crippen LogP contribution >= 0.6 is 0 Å². The van der Waals surface area contributed by atoms with E-state index >= 15 is 0 Å². The topological polar surface area (TPSA) is 249 Å². The van der Waals surface area contributed by atoms with Gasteiger partial charge in [-0.1, -0.05) is 78.3 Å². The Morgan fingerprint density at radius 1 is 0.667 bits per heavy atom. The lowest BCUT2D eigenvalue weighted by Crippen LogP contribution is -2.61. The number of amides is 6. The van der Waals surface area contributed by atoms with Gasteiger partial charge in [0.1, 0.15) is 30.2 Å². The molecule has 1 aromatic rings.